The molecule has 0 fully saturated rings. The fourth-order valence-corrected chi connectivity index (χ4v) is 2.63. The average molecular weight is 305 g/mol. The highest BCUT2D eigenvalue weighted by Gasteiger charge is 2.15. The van der Waals surface area contributed by atoms with Crippen LogP contribution in [0.1, 0.15) is 32.6 Å². The summed E-state index contributed by atoms with van der Waals surface area (Å²) in [4.78, 5) is 11.2. The Morgan fingerprint density at radius 3 is 2.38 bits per heavy atom. The Labute approximate surface area is 129 Å². The van der Waals surface area contributed by atoms with Crippen molar-refractivity contribution in [1.29, 1.82) is 0 Å². The summed E-state index contributed by atoms with van der Waals surface area (Å²) < 4.78 is 5.70. The average Bonchev–Trinajstić information content (AvgIpc) is 2.38. The van der Waals surface area contributed by atoms with E-state index in [1.165, 1.54) is 11.6 Å². The van der Waals surface area contributed by atoms with E-state index >= 15 is 0 Å². The van der Waals surface area contributed by atoms with Crippen LogP contribution in [0.25, 0.3) is 0 Å². The summed E-state index contributed by atoms with van der Waals surface area (Å²) in [6.07, 6.45) is 0. The minimum atomic E-state index is -1.05. The second kappa shape index (κ2) is 6.19. The lowest BCUT2D eigenvalue weighted by Gasteiger charge is -2.15. The van der Waals surface area contributed by atoms with Gasteiger partial charge in [0.25, 0.3) is 0 Å². The third-order valence-electron chi connectivity index (χ3n) is 3.40. The van der Waals surface area contributed by atoms with E-state index in [4.69, 9.17) is 16.3 Å². The highest BCUT2D eigenvalue weighted by Crippen LogP contribution is 2.30. The SMILES string of the molecule is Cc1cc(C)c(COc2c(Cl)cccc2C(=O)O)c(C)c1. The molecule has 0 radical (unpaired) electrons. The first kappa shape index (κ1) is 15.4. The molecule has 0 aromatic heterocycles. The van der Waals surface area contributed by atoms with Gasteiger partial charge in [0.15, 0.2) is 5.75 Å². The molecule has 0 saturated carbocycles. The third kappa shape index (κ3) is 3.37. The minimum Gasteiger partial charge on any atom is -0.486 e. The van der Waals surface area contributed by atoms with Crippen LogP contribution in [-0.4, -0.2) is 11.1 Å². The zero-order valence-corrected chi connectivity index (χ0v) is 13.0. The molecule has 2 rings (SSSR count). The van der Waals surface area contributed by atoms with E-state index in [9.17, 15) is 9.90 Å². The van der Waals surface area contributed by atoms with Crippen molar-refractivity contribution >= 4 is 17.6 Å². The van der Waals surface area contributed by atoms with E-state index in [-0.39, 0.29) is 11.3 Å². The molecule has 0 bridgehead atoms. The maximum atomic E-state index is 11.2. The van der Waals surface area contributed by atoms with E-state index in [2.05, 4.69) is 12.1 Å². The molecule has 0 aliphatic rings. The summed E-state index contributed by atoms with van der Waals surface area (Å²) >= 11 is 6.06. The highest BCUT2D eigenvalue weighted by atomic mass is 35.5. The Hall–Kier alpha value is -2.00. The number of hydrogen-bond donors (Lipinski definition) is 1. The number of aryl methyl sites for hydroxylation is 3. The zero-order valence-electron chi connectivity index (χ0n) is 12.2. The molecule has 110 valence electrons. The molecule has 2 aromatic rings. The molecular formula is C17H17ClO3. The molecule has 0 unspecified atom stereocenters. The molecule has 0 amide bonds. The standard InChI is InChI=1S/C17H17ClO3/c1-10-7-11(2)14(12(3)8-10)9-21-16-13(17(19)20)5-4-6-15(16)18/h4-8H,9H2,1-3H3,(H,19,20). The first-order valence-electron chi connectivity index (χ1n) is 6.61. The van der Waals surface area contributed by atoms with E-state index in [0.717, 1.165) is 16.7 Å². The number of carboxylic acids is 1. The molecule has 0 saturated heterocycles. The first-order valence-corrected chi connectivity index (χ1v) is 6.99. The van der Waals surface area contributed by atoms with Crippen LogP contribution in [0.15, 0.2) is 30.3 Å². The molecule has 0 spiro atoms. The largest absolute Gasteiger partial charge is 0.486 e. The maximum Gasteiger partial charge on any atom is 0.339 e. The predicted molar refractivity (Wildman–Crippen MR) is 83.4 cm³/mol. The topological polar surface area (TPSA) is 46.5 Å². The Bertz CT molecular complexity index is 669. The smallest absolute Gasteiger partial charge is 0.339 e. The molecule has 21 heavy (non-hydrogen) atoms. The molecule has 3 nitrogen and oxygen atoms in total. The van der Waals surface area contributed by atoms with Gasteiger partial charge in [0.05, 0.1) is 5.02 Å². The fraction of sp³-hybridized carbons (Fsp3) is 0.235. The monoisotopic (exact) mass is 304 g/mol. The summed E-state index contributed by atoms with van der Waals surface area (Å²) in [7, 11) is 0. The summed E-state index contributed by atoms with van der Waals surface area (Å²) in [6, 6.07) is 8.87. The molecular weight excluding hydrogens is 288 g/mol. The number of aromatic carboxylic acids is 1. The minimum absolute atomic E-state index is 0.0740. The van der Waals surface area contributed by atoms with Crippen molar-refractivity contribution in [3.8, 4) is 5.75 Å². The zero-order chi connectivity index (χ0) is 15.6. The van der Waals surface area contributed by atoms with Crippen molar-refractivity contribution in [2.75, 3.05) is 0 Å². The van der Waals surface area contributed by atoms with Crippen LogP contribution in [0.3, 0.4) is 0 Å². The number of halogens is 1. The van der Waals surface area contributed by atoms with Crippen molar-refractivity contribution in [2.24, 2.45) is 0 Å². The molecule has 0 heterocycles. The predicted octanol–water partition coefficient (Wildman–Crippen LogP) is 4.54. The molecule has 2 aromatic carbocycles. The number of ether oxygens (including phenoxy) is 1. The normalized spacial score (nSPS) is 10.5. The number of carboxylic acid groups (broad SMARTS) is 1. The van der Waals surface area contributed by atoms with Crippen LogP contribution >= 0.6 is 11.6 Å². The Kier molecular flexibility index (Phi) is 4.53. The van der Waals surface area contributed by atoms with Gasteiger partial charge in [-0.3, -0.25) is 0 Å². The highest BCUT2D eigenvalue weighted by molar-refractivity contribution is 6.32. The van der Waals surface area contributed by atoms with Gasteiger partial charge in [-0.25, -0.2) is 4.79 Å². The van der Waals surface area contributed by atoms with Crippen molar-refractivity contribution in [2.45, 2.75) is 27.4 Å². The third-order valence-corrected chi connectivity index (χ3v) is 3.70. The van der Waals surface area contributed by atoms with Gasteiger partial charge < -0.3 is 9.84 Å². The Morgan fingerprint density at radius 2 is 1.81 bits per heavy atom. The van der Waals surface area contributed by atoms with Crippen LogP contribution < -0.4 is 4.74 Å². The van der Waals surface area contributed by atoms with Gasteiger partial charge in [-0.15, -0.1) is 0 Å². The van der Waals surface area contributed by atoms with Crippen molar-refractivity contribution in [3.05, 3.63) is 63.2 Å². The lowest BCUT2D eigenvalue weighted by Crippen LogP contribution is -2.06. The number of carbonyl (C=O) groups is 1. The number of hydrogen-bond acceptors (Lipinski definition) is 2. The number of rotatable bonds is 4. The summed E-state index contributed by atoms with van der Waals surface area (Å²) in [5, 5.41) is 9.50. The van der Waals surface area contributed by atoms with E-state index in [1.54, 1.807) is 12.1 Å². The van der Waals surface area contributed by atoms with E-state index in [0.29, 0.717) is 11.6 Å². The van der Waals surface area contributed by atoms with Gasteiger partial charge >= 0.3 is 5.97 Å². The lowest BCUT2D eigenvalue weighted by atomic mass is 10.0. The van der Waals surface area contributed by atoms with Crippen LogP contribution in [0, 0.1) is 20.8 Å². The van der Waals surface area contributed by atoms with Crippen molar-refractivity contribution < 1.29 is 14.6 Å². The second-order valence-electron chi connectivity index (χ2n) is 5.09. The quantitative estimate of drug-likeness (QED) is 0.902. The molecule has 0 atom stereocenters. The van der Waals surface area contributed by atoms with Crippen molar-refractivity contribution in [1.82, 2.24) is 0 Å². The Balaban J connectivity index is 2.31. The van der Waals surface area contributed by atoms with Crippen LogP contribution in [-0.2, 0) is 6.61 Å². The van der Waals surface area contributed by atoms with Crippen LogP contribution in [0.5, 0.6) is 5.75 Å². The van der Waals surface area contributed by atoms with Gasteiger partial charge in [0.1, 0.15) is 12.2 Å². The van der Waals surface area contributed by atoms with Gasteiger partial charge in [-0.05, 0) is 49.6 Å². The lowest BCUT2D eigenvalue weighted by molar-refractivity contribution is 0.0692. The van der Waals surface area contributed by atoms with Crippen molar-refractivity contribution in [3.63, 3.8) is 0 Å². The van der Waals surface area contributed by atoms with Gasteiger partial charge in [-0.1, -0.05) is 35.4 Å². The molecule has 0 aliphatic heterocycles. The molecule has 4 heteroatoms. The summed E-state index contributed by atoms with van der Waals surface area (Å²) in [5.41, 5.74) is 4.56. The van der Waals surface area contributed by atoms with E-state index in [1.807, 2.05) is 20.8 Å². The summed E-state index contributed by atoms with van der Waals surface area (Å²) in [6.45, 7) is 6.37. The molecule has 1 N–H and O–H groups in total. The first-order chi connectivity index (χ1) is 9.90. The van der Waals surface area contributed by atoms with Gasteiger partial charge in [-0.2, -0.15) is 0 Å². The molecule has 0 aliphatic carbocycles. The van der Waals surface area contributed by atoms with Crippen LogP contribution in [0.2, 0.25) is 5.02 Å². The number of para-hydroxylation sites is 1. The van der Waals surface area contributed by atoms with E-state index < -0.39 is 5.97 Å². The van der Waals surface area contributed by atoms with Crippen LogP contribution in [0.4, 0.5) is 0 Å². The van der Waals surface area contributed by atoms with Gasteiger partial charge in [0.2, 0.25) is 0 Å². The number of benzene rings is 2. The second-order valence-corrected chi connectivity index (χ2v) is 5.49. The summed E-state index contributed by atoms with van der Waals surface area (Å²) in [5.74, 6) is -0.837. The van der Waals surface area contributed by atoms with Gasteiger partial charge in [0, 0.05) is 0 Å². The maximum absolute atomic E-state index is 11.2. The fourth-order valence-electron chi connectivity index (χ4n) is 2.41. The Morgan fingerprint density at radius 1 is 1.19 bits per heavy atom.